The minimum absolute atomic E-state index is 0.0226. The second-order valence-corrected chi connectivity index (χ2v) is 21.0. The molecule has 3 fully saturated rings. The number of hydrogen-bond acceptors (Lipinski definition) is 13. The molecular weight excluding hydrogens is 904 g/mol. The molecule has 7 heterocycles. The molecule has 69 heavy (non-hydrogen) atoms. The van der Waals surface area contributed by atoms with Crippen LogP contribution in [-0.2, 0) is 48.0 Å². The van der Waals surface area contributed by atoms with Crippen LogP contribution in [0.1, 0.15) is 76.8 Å². The molecule has 4 aromatic rings. The van der Waals surface area contributed by atoms with Crippen molar-refractivity contribution in [3.8, 4) is 22.5 Å². The van der Waals surface area contributed by atoms with Crippen molar-refractivity contribution < 1.29 is 37.8 Å². The molecule has 0 spiro atoms. The number of nitrogens with zero attached hydrogens (tertiary/aromatic N) is 8. The Morgan fingerprint density at radius 1 is 1.06 bits per heavy atom. The highest BCUT2D eigenvalue weighted by Crippen LogP contribution is 2.44. The highest BCUT2D eigenvalue weighted by molar-refractivity contribution is 7.10. The third kappa shape index (κ3) is 10.6. The Morgan fingerprint density at radius 2 is 1.80 bits per heavy atom. The van der Waals surface area contributed by atoms with Crippen LogP contribution in [0.4, 0.5) is 14.9 Å². The first-order valence-electron chi connectivity index (χ1n) is 24.4. The summed E-state index contributed by atoms with van der Waals surface area (Å²) in [5.41, 5.74) is 8.42. The number of anilines is 1. The van der Waals surface area contributed by atoms with E-state index in [-0.39, 0.29) is 37.6 Å². The number of urea groups is 1. The number of morpholine rings is 1. The minimum atomic E-state index is -1.15. The molecule has 19 heteroatoms. The summed E-state index contributed by atoms with van der Waals surface area (Å²) in [7, 11) is 5.40. The summed E-state index contributed by atoms with van der Waals surface area (Å²) in [4.78, 5) is 74.5. The number of thiazole rings is 1. The number of hydrazine groups is 1. The van der Waals surface area contributed by atoms with Crippen molar-refractivity contribution in [3.05, 3.63) is 51.9 Å². The van der Waals surface area contributed by atoms with E-state index in [4.69, 9.17) is 24.2 Å². The number of cyclic esters (lactones) is 1. The zero-order chi connectivity index (χ0) is 49.3. The zero-order valence-electron chi connectivity index (χ0n) is 41.6. The lowest BCUT2D eigenvalue weighted by Crippen LogP contribution is -2.62. The van der Waals surface area contributed by atoms with Crippen molar-refractivity contribution in [1.82, 2.24) is 45.0 Å². The van der Waals surface area contributed by atoms with Gasteiger partial charge in [0.1, 0.15) is 23.9 Å². The van der Waals surface area contributed by atoms with Gasteiger partial charge in [0.2, 0.25) is 5.91 Å². The van der Waals surface area contributed by atoms with Gasteiger partial charge in [-0.2, -0.15) is 0 Å². The minimum Gasteiger partial charge on any atom is -0.464 e. The summed E-state index contributed by atoms with van der Waals surface area (Å²) < 4.78 is 36.6. The average molecular weight is 973 g/mol. The van der Waals surface area contributed by atoms with Gasteiger partial charge in [-0.1, -0.05) is 27.7 Å². The van der Waals surface area contributed by atoms with Crippen LogP contribution in [0.25, 0.3) is 33.4 Å². The Kier molecular flexibility index (Phi) is 15.3. The molecule has 374 valence electrons. The fourth-order valence-electron chi connectivity index (χ4n) is 10.2. The molecule has 4 atom stereocenters. The van der Waals surface area contributed by atoms with E-state index in [9.17, 15) is 19.2 Å². The van der Waals surface area contributed by atoms with Crippen LogP contribution in [0.2, 0.25) is 0 Å². The average Bonchev–Trinajstić information content (AvgIpc) is 3.92. The maximum atomic E-state index is 16.9. The quantitative estimate of drug-likeness (QED) is 0.203. The molecule has 8 rings (SSSR count). The number of fused-ring (bicyclic) bond motifs is 6. The number of aryl methyl sites for hydroxylation is 1. The van der Waals surface area contributed by atoms with Gasteiger partial charge in [-0.05, 0) is 69.8 Å². The largest absolute Gasteiger partial charge is 0.464 e. The molecule has 4 aliphatic rings. The van der Waals surface area contributed by atoms with Crippen LogP contribution in [-0.4, -0.2) is 163 Å². The number of carbonyl (C=O) groups is 4. The zero-order valence-corrected chi connectivity index (χ0v) is 42.4. The smallest absolute Gasteiger partial charge is 0.324 e. The maximum absolute atomic E-state index is 16.9. The Morgan fingerprint density at radius 3 is 2.49 bits per heavy atom. The van der Waals surface area contributed by atoms with Crippen LogP contribution >= 0.6 is 11.3 Å². The number of hydrogen-bond donors (Lipinski definition) is 2. The van der Waals surface area contributed by atoms with E-state index in [1.54, 1.807) is 30.5 Å². The number of halogens is 1. The van der Waals surface area contributed by atoms with Crippen LogP contribution in [0.5, 0.6) is 0 Å². The van der Waals surface area contributed by atoms with E-state index in [1.165, 1.54) is 21.2 Å². The lowest BCUT2D eigenvalue weighted by Gasteiger charge is -2.38. The monoisotopic (exact) mass is 973 g/mol. The highest BCUT2D eigenvalue weighted by Gasteiger charge is 2.39. The molecule has 0 aliphatic carbocycles. The van der Waals surface area contributed by atoms with E-state index in [2.05, 4.69) is 59.0 Å². The Balaban J connectivity index is 1.23. The number of benzene rings is 1. The Bertz CT molecular complexity index is 2530. The molecule has 6 bridgehead atoms. The lowest BCUT2D eigenvalue weighted by atomic mass is 9.84. The van der Waals surface area contributed by atoms with Crippen molar-refractivity contribution in [2.24, 2.45) is 11.3 Å². The van der Waals surface area contributed by atoms with Gasteiger partial charge in [-0.3, -0.25) is 24.4 Å². The van der Waals surface area contributed by atoms with Crippen LogP contribution in [0, 0.1) is 17.2 Å². The second-order valence-electron chi connectivity index (χ2n) is 20.1. The molecule has 4 amide bonds. The number of methoxy groups -OCH3 is 1. The van der Waals surface area contributed by atoms with E-state index in [1.807, 2.05) is 33.0 Å². The molecule has 0 saturated carbocycles. The second kappa shape index (κ2) is 21.0. The summed E-state index contributed by atoms with van der Waals surface area (Å²) in [5.74, 6) is -2.23. The molecule has 17 nitrogen and oxygen atoms in total. The number of likely N-dealkylation sites (N-methyl/N-ethyl adjacent to an activating group) is 2. The van der Waals surface area contributed by atoms with Gasteiger partial charge in [-0.25, -0.2) is 19.6 Å². The molecule has 0 unspecified atom stereocenters. The number of carbonyl (C=O) groups excluding carboxylic acids is 4. The summed E-state index contributed by atoms with van der Waals surface area (Å²) in [6, 6.07) is 2.46. The number of amides is 4. The predicted molar refractivity (Wildman–Crippen MR) is 263 cm³/mol. The summed E-state index contributed by atoms with van der Waals surface area (Å²) in [6.45, 7) is 17.9. The number of pyridine rings is 1. The van der Waals surface area contributed by atoms with Crippen LogP contribution in [0.3, 0.4) is 0 Å². The van der Waals surface area contributed by atoms with Crippen LogP contribution < -0.4 is 15.6 Å². The SMILES string of the molecule is CCn1c(-c2cc(N3CCN(C)CC3)cnc2[C@H](C)OC)c2c3cc(c(F)cc31)-c1csc(n1)C[C@H](NC(=O)[C@H](C(C)C)N(C)C(=O)N1CCOCC1)C(=O)N1CCC[C@H](N1)C(=O)OCC(C)(C)C2. The van der Waals surface area contributed by atoms with Crippen LogP contribution in [0.15, 0.2) is 29.8 Å². The van der Waals surface area contributed by atoms with Gasteiger partial charge in [0, 0.05) is 100 Å². The molecule has 3 saturated heterocycles. The first-order chi connectivity index (χ1) is 33.0. The first kappa shape index (κ1) is 50.2. The summed E-state index contributed by atoms with van der Waals surface area (Å²) in [5, 5.41) is 7.49. The van der Waals surface area contributed by atoms with Gasteiger partial charge >= 0.3 is 12.0 Å². The number of piperazine rings is 1. The number of nitrogens with one attached hydrogen (secondary N) is 2. The predicted octanol–water partition coefficient (Wildman–Crippen LogP) is 5.50. The van der Waals surface area contributed by atoms with E-state index in [0.29, 0.717) is 73.9 Å². The van der Waals surface area contributed by atoms with Crippen molar-refractivity contribution in [1.29, 1.82) is 0 Å². The maximum Gasteiger partial charge on any atom is 0.324 e. The summed E-state index contributed by atoms with van der Waals surface area (Å²) in [6.07, 6.45) is 2.96. The van der Waals surface area contributed by atoms with Crippen molar-refractivity contribution >= 4 is 51.7 Å². The fraction of sp³-hybridized carbons (Fsp3) is 0.600. The molecule has 1 aromatic carbocycles. The highest BCUT2D eigenvalue weighted by atomic mass is 32.1. The van der Waals surface area contributed by atoms with Gasteiger partial charge in [0.15, 0.2) is 0 Å². The summed E-state index contributed by atoms with van der Waals surface area (Å²) >= 11 is 1.27. The fourth-order valence-corrected chi connectivity index (χ4v) is 11.0. The van der Waals surface area contributed by atoms with Gasteiger partial charge in [0.05, 0.1) is 65.4 Å². The molecule has 4 aliphatic heterocycles. The van der Waals surface area contributed by atoms with Gasteiger partial charge in [0.25, 0.3) is 5.91 Å². The Hall–Kier alpha value is -5.21. The number of ether oxygens (including phenoxy) is 3. The van der Waals surface area contributed by atoms with E-state index in [0.717, 1.165) is 59.8 Å². The first-order valence-corrected chi connectivity index (χ1v) is 25.3. The number of esters is 1. The van der Waals surface area contributed by atoms with Gasteiger partial charge < -0.3 is 43.7 Å². The number of rotatable bonds is 9. The van der Waals surface area contributed by atoms with E-state index >= 15 is 4.39 Å². The third-order valence-corrected chi connectivity index (χ3v) is 14.9. The number of aromatic nitrogens is 3. The van der Waals surface area contributed by atoms with Crippen molar-refractivity contribution in [3.63, 3.8) is 0 Å². The van der Waals surface area contributed by atoms with E-state index < -0.39 is 47.1 Å². The normalized spacial score (nSPS) is 21.5. The van der Waals surface area contributed by atoms with Gasteiger partial charge in [-0.15, -0.1) is 11.3 Å². The standard InChI is InChI=1S/C50H69FN10O7S/c1-10-60-41-24-37(51)34-23-33(41)36(45(60)35-22-32(27-52-43(35)31(4)66-9)58-16-14-56(7)15-17-58)26-50(5,6)29-68-48(64)38-12-11-13-61(55-38)47(63)39(25-42-53-40(34)28-69-42)54-46(62)44(30(2)3)57(8)49(65)59-18-20-67-21-19-59/h22-24,27-28,30-31,38-39,44,55H,10-21,25-26,29H2,1-9H3,(H,54,62)/t31-,38-,39-,44-/m0/s1. The van der Waals surface area contributed by atoms with Crippen molar-refractivity contribution in [2.45, 2.75) is 98.0 Å². The molecule has 2 N–H and O–H groups in total. The van der Waals surface area contributed by atoms with Crippen molar-refractivity contribution in [2.75, 3.05) is 91.7 Å². The molecular formula is C50H69FN10O7S. The lowest BCUT2D eigenvalue weighted by molar-refractivity contribution is -0.155. The third-order valence-electron chi connectivity index (χ3n) is 14.1. The molecule has 0 radical (unpaired) electrons. The Labute approximate surface area is 408 Å². The molecule has 3 aromatic heterocycles. The topological polar surface area (TPSA) is 167 Å².